The molecule has 0 aliphatic carbocycles. The first-order valence-corrected chi connectivity index (χ1v) is 4.86. The van der Waals surface area contributed by atoms with Crippen LogP contribution in [0.1, 0.15) is 17.3 Å². The lowest BCUT2D eigenvalue weighted by Gasteiger charge is -2.07. The van der Waals surface area contributed by atoms with E-state index in [1.165, 1.54) is 0 Å². The van der Waals surface area contributed by atoms with Gasteiger partial charge < -0.3 is 15.2 Å². The van der Waals surface area contributed by atoms with Gasteiger partial charge in [0.05, 0.1) is 11.1 Å². The average Bonchev–Trinajstić information content (AvgIpc) is 2.62. The summed E-state index contributed by atoms with van der Waals surface area (Å²) in [5.41, 5.74) is 5.87. The first kappa shape index (κ1) is 10.3. The van der Waals surface area contributed by atoms with Crippen LogP contribution in [0.25, 0.3) is 0 Å². The van der Waals surface area contributed by atoms with Gasteiger partial charge in [0, 0.05) is 11.6 Å². The molecule has 0 aromatic heterocycles. The molecule has 0 fully saturated rings. The zero-order chi connectivity index (χ0) is 11.0. The molecule has 0 bridgehead atoms. The second-order valence-electron chi connectivity index (χ2n) is 3.34. The minimum absolute atomic E-state index is 0.154. The van der Waals surface area contributed by atoms with Crippen molar-refractivity contribution < 1.29 is 14.3 Å². The summed E-state index contributed by atoms with van der Waals surface area (Å²) in [6.07, 6.45) is 0. The number of hydrogen-bond donors (Lipinski definition) is 1. The molecule has 1 atom stereocenters. The molecule has 0 saturated heterocycles. The maximum absolute atomic E-state index is 11.7. The Labute approximate surface area is 91.9 Å². The quantitative estimate of drug-likeness (QED) is 0.780. The molecular formula is C10H10ClNO3. The van der Waals surface area contributed by atoms with Crippen LogP contribution in [0, 0.1) is 0 Å². The van der Waals surface area contributed by atoms with Crippen LogP contribution in [0.2, 0.25) is 5.02 Å². The fourth-order valence-electron chi connectivity index (χ4n) is 1.35. The molecule has 5 heteroatoms. The van der Waals surface area contributed by atoms with Crippen molar-refractivity contribution in [1.29, 1.82) is 0 Å². The molecule has 0 radical (unpaired) electrons. The van der Waals surface area contributed by atoms with Crippen molar-refractivity contribution in [3.05, 3.63) is 22.7 Å². The van der Waals surface area contributed by atoms with E-state index in [0.717, 1.165) is 0 Å². The zero-order valence-electron chi connectivity index (χ0n) is 8.12. The summed E-state index contributed by atoms with van der Waals surface area (Å²) < 4.78 is 10.3. The molecule has 2 rings (SSSR count). The Morgan fingerprint density at radius 3 is 2.67 bits per heavy atom. The van der Waals surface area contributed by atoms with Gasteiger partial charge in [-0.15, -0.1) is 0 Å². The third-order valence-electron chi connectivity index (χ3n) is 2.14. The van der Waals surface area contributed by atoms with E-state index in [0.29, 0.717) is 22.1 Å². The van der Waals surface area contributed by atoms with Crippen LogP contribution in [0.15, 0.2) is 12.1 Å². The second-order valence-corrected chi connectivity index (χ2v) is 3.75. The van der Waals surface area contributed by atoms with Crippen LogP contribution in [-0.4, -0.2) is 18.6 Å². The van der Waals surface area contributed by atoms with E-state index in [2.05, 4.69) is 0 Å². The number of Topliss-reactive ketones (excluding diaryl/α,β-unsaturated/α-hetero) is 1. The Bertz CT molecular complexity index is 417. The molecular weight excluding hydrogens is 218 g/mol. The predicted octanol–water partition coefficient (Wildman–Crippen LogP) is 1.60. The summed E-state index contributed by atoms with van der Waals surface area (Å²) in [7, 11) is 0. The molecule has 1 aliphatic rings. The molecule has 1 unspecified atom stereocenters. The van der Waals surface area contributed by atoms with Crippen molar-refractivity contribution in [2.45, 2.75) is 13.0 Å². The van der Waals surface area contributed by atoms with Gasteiger partial charge in [-0.2, -0.15) is 0 Å². The molecule has 1 aromatic rings. The van der Waals surface area contributed by atoms with E-state index in [4.69, 9.17) is 26.8 Å². The monoisotopic (exact) mass is 227 g/mol. The third-order valence-corrected chi connectivity index (χ3v) is 2.45. The van der Waals surface area contributed by atoms with Gasteiger partial charge >= 0.3 is 0 Å². The van der Waals surface area contributed by atoms with Gasteiger partial charge in [0.1, 0.15) is 0 Å². The number of fused-ring (bicyclic) bond motifs is 1. The predicted molar refractivity (Wildman–Crippen MR) is 55.6 cm³/mol. The Balaban J connectivity index is 2.45. The summed E-state index contributed by atoms with van der Waals surface area (Å²) in [6, 6.07) is 2.55. The fourth-order valence-corrected chi connectivity index (χ4v) is 1.60. The molecule has 0 amide bonds. The lowest BCUT2D eigenvalue weighted by atomic mass is 10.1. The summed E-state index contributed by atoms with van der Waals surface area (Å²) in [6.45, 7) is 1.77. The van der Waals surface area contributed by atoms with Crippen molar-refractivity contribution in [3.8, 4) is 11.5 Å². The van der Waals surface area contributed by atoms with E-state index in [-0.39, 0.29) is 12.6 Å². The highest BCUT2D eigenvalue weighted by Gasteiger charge is 2.21. The van der Waals surface area contributed by atoms with E-state index in [9.17, 15) is 4.79 Å². The SMILES string of the molecule is CC(N)C(=O)c1cc2c(cc1Cl)OCO2. The summed E-state index contributed by atoms with van der Waals surface area (Å²) in [5, 5.41) is 0.335. The Hall–Kier alpha value is -1.26. The van der Waals surface area contributed by atoms with E-state index < -0.39 is 6.04 Å². The number of hydrogen-bond acceptors (Lipinski definition) is 4. The first-order valence-electron chi connectivity index (χ1n) is 4.48. The molecule has 2 N–H and O–H groups in total. The number of ketones is 1. The van der Waals surface area contributed by atoms with E-state index >= 15 is 0 Å². The minimum Gasteiger partial charge on any atom is -0.454 e. The van der Waals surface area contributed by atoms with Crippen LogP contribution in [0.5, 0.6) is 11.5 Å². The van der Waals surface area contributed by atoms with Crippen LogP contribution < -0.4 is 15.2 Å². The highest BCUT2D eigenvalue weighted by atomic mass is 35.5. The van der Waals surface area contributed by atoms with Gasteiger partial charge in [-0.25, -0.2) is 0 Å². The average molecular weight is 228 g/mol. The largest absolute Gasteiger partial charge is 0.454 e. The molecule has 0 spiro atoms. The molecule has 1 aromatic carbocycles. The summed E-state index contributed by atoms with van der Waals surface area (Å²) >= 11 is 5.93. The number of carbonyl (C=O) groups is 1. The van der Waals surface area contributed by atoms with E-state index in [1.54, 1.807) is 19.1 Å². The number of ether oxygens (including phenoxy) is 2. The van der Waals surface area contributed by atoms with Gasteiger partial charge in [-0.05, 0) is 13.0 Å². The number of nitrogens with two attached hydrogens (primary N) is 1. The highest BCUT2D eigenvalue weighted by Crippen LogP contribution is 2.37. The Morgan fingerprint density at radius 1 is 1.47 bits per heavy atom. The van der Waals surface area contributed by atoms with Crippen molar-refractivity contribution in [3.63, 3.8) is 0 Å². The van der Waals surface area contributed by atoms with E-state index in [1.807, 2.05) is 0 Å². The fraction of sp³-hybridized carbons (Fsp3) is 0.300. The van der Waals surface area contributed by atoms with Crippen molar-refractivity contribution >= 4 is 17.4 Å². The Morgan fingerprint density at radius 2 is 2.07 bits per heavy atom. The first-order chi connectivity index (χ1) is 7.09. The molecule has 1 heterocycles. The molecule has 80 valence electrons. The van der Waals surface area contributed by atoms with Crippen molar-refractivity contribution in [2.24, 2.45) is 5.73 Å². The number of carbonyl (C=O) groups excluding carboxylic acids is 1. The van der Waals surface area contributed by atoms with Gasteiger partial charge in [-0.3, -0.25) is 4.79 Å². The van der Waals surface area contributed by atoms with Crippen LogP contribution >= 0.6 is 11.6 Å². The number of halogens is 1. The lowest BCUT2D eigenvalue weighted by Crippen LogP contribution is -2.26. The highest BCUT2D eigenvalue weighted by molar-refractivity contribution is 6.34. The standard InChI is InChI=1S/C10H10ClNO3/c1-5(12)10(13)6-2-8-9(3-7(6)11)15-4-14-8/h2-3,5H,4,12H2,1H3. The lowest BCUT2D eigenvalue weighted by molar-refractivity contribution is 0.0967. The zero-order valence-corrected chi connectivity index (χ0v) is 8.88. The molecule has 1 aliphatic heterocycles. The summed E-state index contributed by atoms with van der Waals surface area (Å²) in [4.78, 5) is 11.7. The second kappa shape index (κ2) is 3.72. The molecule has 15 heavy (non-hydrogen) atoms. The van der Waals surface area contributed by atoms with Crippen LogP contribution in [0.3, 0.4) is 0 Å². The van der Waals surface area contributed by atoms with Crippen molar-refractivity contribution in [2.75, 3.05) is 6.79 Å². The summed E-state index contributed by atoms with van der Waals surface area (Å²) in [5.74, 6) is 0.878. The minimum atomic E-state index is -0.581. The maximum atomic E-state index is 11.7. The van der Waals surface area contributed by atoms with Crippen LogP contribution in [0.4, 0.5) is 0 Å². The normalized spacial score (nSPS) is 15.1. The Kier molecular flexibility index (Phi) is 2.54. The van der Waals surface area contributed by atoms with Gasteiger partial charge in [0.15, 0.2) is 17.3 Å². The van der Waals surface area contributed by atoms with Crippen LogP contribution in [-0.2, 0) is 0 Å². The van der Waals surface area contributed by atoms with Gasteiger partial charge in [0.25, 0.3) is 0 Å². The number of rotatable bonds is 2. The third kappa shape index (κ3) is 1.78. The maximum Gasteiger partial charge on any atom is 0.231 e. The molecule has 4 nitrogen and oxygen atoms in total. The number of benzene rings is 1. The smallest absolute Gasteiger partial charge is 0.231 e. The van der Waals surface area contributed by atoms with Gasteiger partial charge in [0.2, 0.25) is 6.79 Å². The topological polar surface area (TPSA) is 61.6 Å². The van der Waals surface area contributed by atoms with Crippen molar-refractivity contribution in [1.82, 2.24) is 0 Å². The molecule has 0 saturated carbocycles. The van der Waals surface area contributed by atoms with Gasteiger partial charge in [-0.1, -0.05) is 11.6 Å².